The molecule has 0 spiro atoms. The van der Waals surface area contributed by atoms with E-state index in [1.54, 1.807) is 0 Å². The molecule has 0 aliphatic carbocycles. The molecule has 0 fully saturated rings. The van der Waals surface area contributed by atoms with Crippen molar-refractivity contribution in [2.45, 2.75) is 13.8 Å². The minimum atomic E-state index is 0.601. The van der Waals surface area contributed by atoms with Crippen LogP contribution >= 0.6 is 0 Å². The van der Waals surface area contributed by atoms with Gasteiger partial charge in [0, 0.05) is 22.9 Å². The van der Waals surface area contributed by atoms with Crippen molar-refractivity contribution in [3.8, 4) is 28.5 Å². The molecular weight excluding hydrogens is 368 g/mol. The summed E-state index contributed by atoms with van der Waals surface area (Å²) in [5, 5.41) is 12.0. The van der Waals surface area contributed by atoms with Crippen LogP contribution in [0.15, 0.2) is 77.3 Å². The Kier molecular flexibility index (Phi) is 4.15. The first-order valence-electron chi connectivity index (χ1n) is 10.00. The Morgan fingerprint density at radius 2 is 1.63 bits per heavy atom. The third-order valence-corrected chi connectivity index (χ3v) is 5.91. The van der Waals surface area contributed by atoms with Gasteiger partial charge in [-0.25, -0.2) is 4.57 Å². The van der Waals surface area contributed by atoms with E-state index >= 15 is 0 Å². The molecule has 5 aromatic rings. The van der Waals surface area contributed by atoms with Crippen LogP contribution in [0.1, 0.15) is 16.7 Å². The molecule has 2 aromatic heterocycles. The van der Waals surface area contributed by atoms with Gasteiger partial charge in [-0.1, -0.05) is 42.5 Å². The van der Waals surface area contributed by atoms with Crippen LogP contribution in [0.3, 0.4) is 0 Å². The summed E-state index contributed by atoms with van der Waals surface area (Å²) in [6.07, 6.45) is 2.04. The van der Waals surface area contributed by atoms with Gasteiger partial charge in [0.2, 0.25) is 5.69 Å². The average molecular weight is 389 g/mol. The quantitative estimate of drug-likeness (QED) is 0.336. The highest BCUT2D eigenvalue weighted by Crippen LogP contribution is 2.41. The minimum absolute atomic E-state index is 0.601. The molecule has 2 heterocycles. The Hall–Kier alpha value is -3.90. The first kappa shape index (κ1) is 18.1. The second kappa shape index (κ2) is 6.86. The summed E-state index contributed by atoms with van der Waals surface area (Å²) in [6.45, 7) is 4.09. The highest BCUT2D eigenvalue weighted by Gasteiger charge is 2.23. The topological polar surface area (TPSA) is 40.8 Å². The summed E-state index contributed by atoms with van der Waals surface area (Å²) < 4.78 is 8.53. The van der Waals surface area contributed by atoms with Crippen LogP contribution in [0.5, 0.6) is 0 Å². The molecule has 0 bridgehead atoms. The lowest BCUT2D eigenvalue weighted by Crippen LogP contribution is -2.30. The number of nitriles is 1. The number of pyridine rings is 1. The SMILES string of the molecule is Cc1ccc2c(oc3c(C#N)c(C)c(-c4ccccc4)cc32)c1-c1cccc[n+]1C. The molecule has 0 radical (unpaired) electrons. The van der Waals surface area contributed by atoms with Gasteiger partial charge < -0.3 is 4.42 Å². The number of nitrogens with zero attached hydrogens (tertiary/aromatic N) is 2. The summed E-state index contributed by atoms with van der Waals surface area (Å²) in [4.78, 5) is 0. The van der Waals surface area contributed by atoms with Gasteiger partial charge in [-0.05, 0) is 48.2 Å². The Morgan fingerprint density at radius 1 is 0.867 bits per heavy atom. The Balaban J connectivity index is 1.92. The van der Waals surface area contributed by atoms with E-state index < -0.39 is 0 Å². The molecule has 30 heavy (non-hydrogen) atoms. The lowest BCUT2D eigenvalue weighted by atomic mass is 9.93. The normalized spacial score (nSPS) is 11.1. The van der Waals surface area contributed by atoms with Crippen molar-refractivity contribution in [2.24, 2.45) is 7.05 Å². The summed E-state index contributed by atoms with van der Waals surface area (Å²) in [5.74, 6) is 0. The summed E-state index contributed by atoms with van der Waals surface area (Å²) in [7, 11) is 2.04. The van der Waals surface area contributed by atoms with Gasteiger partial charge in [0.05, 0.1) is 11.1 Å². The van der Waals surface area contributed by atoms with E-state index in [9.17, 15) is 5.26 Å². The molecule has 0 unspecified atom stereocenters. The molecule has 0 aliphatic rings. The lowest BCUT2D eigenvalue weighted by Gasteiger charge is -2.08. The first-order valence-corrected chi connectivity index (χ1v) is 10.00. The zero-order valence-corrected chi connectivity index (χ0v) is 17.2. The van der Waals surface area contributed by atoms with E-state index in [0.29, 0.717) is 11.1 Å². The number of hydrogen-bond donors (Lipinski definition) is 0. The van der Waals surface area contributed by atoms with E-state index in [4.69, 9.17) is 4.42 Å². The summed E-state index contributed by atoms with van der Waals surface area (Å²) in [6, 6.07) is 25.2. The third kappa shape index (κ3) is 2.62. The van der Waals surface area contributed by atoms with Gasteiger partial charge in [-0.3, -0.25) is 0 Å². The van der Waals surface area contributed by atoms with Gasteiger partial charge in [-0.15, -0.1) is 0 Å². The number of rotatable bonds is 2. The number of hydrogen-bond acceptors (Lipinski definition) is 2. The van der Waals surface area contributed by atoms with Crippen molar-refractivity contribution >= 4 is 21.9 Å². The van der Waals surface area contributed by atoms with Crippen LogP contribution in [0.25, 0.3) is 44.3 Å². The number of benzene rings is 3. The maximum Gasteiger partial charge on any atom is 0.216 e. The molecule has 0 N–H and O–H groups in total. The highest BCUT2D eigenvalue weighted by atomic mass is 16.3. The van der Waals surface area contributed by atoms with Crippen LogP contribution in [-0.4, -0.2) is 0 Å². The van der Waals surface area contributed by atoms with E-state index in [2.05, 4.69) is 54.0 Å². The van der Waals surface area contributed by atoms with E-state index in [-0.39, 0.29) is 0 Å². The van der Waals surface area contributed by atoms with Crippen LogP contribution in [0.2, 0.25) is 0 Å². The molecule has 0 saturated carbocycles. The fourth-order valence-electron chi connectivity index (χ4n) is 4.32. The number of fused-ring (bicyclic) bond motifs is 3. The van der Waals surface area contributed by atoms with Gasteiger partial charge in [0.1, 0.15) is 18.7 Å². The van der Waals surface area contributed by atoms with E-state index in [0.717, 1.165) is 49.9 Å². The first-order chi connectivity index (χ1) is 14.6. The molecule has 0 saturated heterocycles. The maximum absolute atomic E-state index is 9.98. The molecule has 0 atom stereocenters. The zero-order valence-electron chi connectivity index (χ0n) is 17.2. The highest BCUT2D eigenvalue weighted by molar-refractivity contribution is 6.12. The van der Waals surface area contributed by atoms with Gasteiger partial charge >= 0.3 is 0 Å². The molecule has 0 amide bonds. The molecule has 3 heteroatoms. The largest absolute Gasteiger partial charge is 0.454 e. The molecule has 3 nitrogen and oxygen atoms in total. The number of aromatic nitrogens is 1. The average Bonchev–Trinajstić information content (AvgIpc) is 3.12. The zero-order chi connectivity index (χ0) is 20.8. The third-order valence-electron chi connectivity index (χ3n) is 5.91. The predicted molar refractivity (Wildman–Crippen MR) is 120 cm³/mol. The van der Waals surface area contributed by atoms with Crippen molar-refractivity contribution < 1.29 is 8.98 Å². The molecule has 0 aliphatic heterocycles. The Morgan fingerprint density at radius 3 is 2.37 bits per heavy atom. The van der Waals surface area contributed by atoms with Gasteiger partial charge in [0.15, 0.2) is 11.8 Å². The minimum Gasteiger partial charge on any atom is -0.454 e. The molecular formula is C27H21N2O+. The van der Waals surface area contributed by atoms with Crippen LogP contribution in [0.4, 0.5) is 0 Å². The number of aryl methyl sites for hydroxylation is 2. The van der Waals surface area contributed by atoms with Crippen LogP contribution < -0.4 is 4.57 Å². The lowest BCUT2D eigenvalue weighted by molar-refractivity contribution is -0.660. The molecule has 3 aromatic carbocycles. The number of furan rings is 1. The van der Waals surface area contributed by atoms with Crippen molar-refractivity contribution in [1.29, 1.82) is 5.26 Å². The second-order valence-electron chi connectivity index (χ2n) is 7.71. The Labute approximate surface area is 175 Å². The predicted octanol–water partition coefficient (Wildman–Crippen LogP) is 6.23. The van der Waals surface area contributed by atoms with Crippen molar-refractivity contribution in [1.82, 2.24) is 0 Å². The Bertz CT molecular complexity index is 1470. The van der Waals surface area contributed by atoms with Crippen molar-refractivity contribution in [3.05, 3.63) is 89.6 Å². The van der Waals surface area contributed by atoms with Crippen LogP contribution in [0, 0.1) is 25.2 Å². The smallest absolute Gasteiger partial charge is 0.216 e. The van der Waals surface area contributed by atoms with Crippen LogP contribution in [-0.2, 0) is 7.05 Å². The maximum atomic E-state index is 9.98. The van der Waals surface area contributed by atoms with E-state index in [1.165, 1.54) is 0 Å². The van der Waals surface area contributed by atoms with Crippen molar-refractivity contribution in [3.63, 3.8) is 0 Å². The summed E-state index contributed by atoms with van der Waals surface area (Å²) >= 11 is 0. The standard InChI is InChI=1S/C27H21N2O/c1-17-12-13-20-22-15-21(19-9-5-4-6-10-19)18(2)23(16-28)26(22)30-27(20)25(17)24-11-7-8-14-29(24)3/h4-15H,1-3H3/q+1. The van der Waals surface area contributed by atoms with E-state index in [1.807, 2.05) is 50.5 Å². The van der Waals surface area contributed by atoms with Gasteiger partial charge in [0.25, 0.3) is 0 Å². The fraction of sp³-hybridized carbons (Fsp3) is 0.111. The summed E-state index contributed by atoms with van der Waals surface area (Å²) in [5.41, 5.74) is 8.49. The fourth-order valence-corrected chi connectivity index (χ4v) is 4.32. The molecule has 5 rings (SSSR count). The second-order valence-corrected chi connectivity index (χ2v) is 7.71. The van der Waals surface area contributed by atoms with Gasteiger partial charge in [-0.2, -0.15) is 5.26 Å². The monoisotopic (exact) mass is 389 g/mol. The molecule has 144 valence electrons. The van der Waals surface area contributed by atoms with Crippen molar-refractivity contribution in [2.75, 3.05) is 0 Å².